The highest BCUT2D eigenvalue weighted by Crippen LogP contribution is 2.16. The topological polar surface area (TPSA) is 30.2 Å². The fourth-order valence-electron chi connectivity index (χ4n) is 0.941. The number of aromatic nitrogens is 3. The molecule has 2 aromatic rings. The Hall–Kier alpha value is -0.900. The molecule has 0 aromatic carbocycles. The number of aryl methyl sites for hydroxylation is 1. The summed E-state index contributed by atoms with van der Waals surface area (Å²) in [5.74, 6) is 0. The summed E-state index contributed by atoms with van der Waals surface area (Å²) in [6.07, 6.45) is 3.63. The molecular weight excluding hydrogens is 206 g/mol. The molecule has 2 heterocycles. The van der Waals surface area contributed by atoms with E-state index in [-0.39, 0.29) is 0 Å². The summed E-state index contributed by atoms with van der Waals surface area (Å²) in [6.45, 7) is 2.03. The molecule has 0 fully saturated rings. The molecule has 0 unspecified atom stereocenters. The quantitative estimate of drug-likeness (QED) is 0.666. The van der Waals surface area contributed by atoms with Gasteiger partial charge in [0.25, 0.3) is 0 Å². The molecule has 0 radical (unpaired) electrons. The van der Waals surface area contributed by atoms with E-state index in [1.807, 2.05) is 23.6 Å². The zero-order chi connectivity index (χ0) is 7.84. The highest BCUT2D eigenvalue weighted by atomic mass is 79.9. The summed E-state index contributed by atoms with van der Waals surface area (Å²) in [5, 5.41) is 7.69. The lowest BCUT2D eigenvalue weighted by Crippen LogP contribution is -1.85. The summed E-state index contributed by atoms with van der Waals surface area (Å²) in [7, 11) is 0. The minimum absolute atomic E-state index is 0.880. The van der Waals surface area contributed by atoms with Crippen molar-refractivity contribution in [2.75, 3.05) is 0 Å². The molecule has 0 N–H and O–H groups in total. The van der Waals surface area contributed by atoms with Gasteiger partial charge in [-0.2, -0.15) is 0 Å². The number of nitrogens with zero attached hydrogens (tertiary/aromatic N) is 3. The lowest BCUT2D eigenvalue weighted by atomic mass is 10.3. The van der Waals surface area contributed by atoms with Crippen LogP contribution in [0.15, 0.2) is 23.1 Å². The lowest BCUT2D eigenvalue weighted by Gasteiger charge is -1.96. The fourth-order valence-corrected chi connectivity index (χ4v) is 1.28. The molecule has 0 saturated heterocycles. The van der Waals surface area contributed by atoms with E-state index >= 15 is 0 Å². The van der Waals surface area contributed by atoms with Crippen molar-refractivity contribution >= 4 is 21.6 Å². The molecule has 0 amide bonds. The summed E-state index contributed by atoms with van der Waals surface area (Å²) < 4.78 is 2.95. The lowest BCUT2D eigenvalue weighted by molar-refractivity contribution is 1.10. The van der Waals surface area contributed by atoms with Gasteiger partial charge >= 0.3 is 0 Å². The molecule has 0 bridgehead atoms. The Morgan fingerprint density at radius 3 is 3.18 bits per heavy atom. The maximum atomic E-state index is 3.91. The molecule has 2 rings (SSSR count). The Labute approximate surface area is 72.2 Å². The molecular formula is C7H6BrN3. The third-order valence-corrected chi connectivity index (χ3v) is 2.41. The van der Waals surface area contributed by atoms with E-state index < -0.39 is 0 Å². The molecule has 2 aromatic heterocycles. The first kappa shape index (κ1) is 6.79. The Morgan fingerprint density at radius 2 is 2.36 bits per heavy atom. The second-order valence-electron chi connectivity index (χ2n) is 2.40. The molecule has 11 heavy (non-hydrogen) atoms. The summed E-state index contributed by atoms with van der Waals surface area (Å²) >= 11 is 3.42. The number of fused-ring (bicyclic) bond motifs is 1. The smallest absolute Gasteiger partial charge is 0.160 e. The Kier molecular flexibility index (Phi) is 1.42. The number of rotatable bonds is 0. The molecule has 0 saturated carbocycles. The second kappa shape index (κ2) is 2.30. The predicted octanol–water partition coefficient (Wildman–Crippen LogP) is 1.80. The van der Waals surface area contributed by atoms with Gasteiger partial charge in [-0.15, -0.1) is 10.2 Å². The van der Waals surface area contributed by atoms with Gasteiger partial charge < -0.3 is 0 Å². The molecule has 56 valence electrons. The fraction of sp³-hybridized carbons (Fsp3) is 0.143. The Bertz CT molecular complexity index is 357. The minimum atomic E-state index is 0.880. The van der Waals surface area contributed by atoms with Crippen molar-refractivity contribution in [3.05, 3.63) is 28.6 Å². The summed E-state index contributed by atoms with van der Waals surface area (Å²) in [6, 6.07) is 1.98. The molecule has 4 heteroatoms. The van der Waals surface area contributed by atoms with Crippen LogP contribution in [0.3, 0.4) is 0 Å². The highest BCUT2D eigenvalue weighted by molar-refractivity contribution is 9.10. The van der Waals surface area contributed by atoms with E-state index in [1.54, 1.807) is 6.33 Å². The third kappa shape index (κ3) is 1.03. The zero-order valence-electron chi connectivity index (χ0n) is 5.95. The number of hydrogen-bond donors (Lipinski definition) is 0. The number of halogens is 1. The van der Waals surface area contributed by atoms with Crippen LogP contribution in [0.25, 0.3) is 5.65 Å². The number of hydrogen-bond acceptors (Lipinski definition) is 2. The van der Waals surface area contributed by atoms with Crippen LogP contribution in [0.5, 0.6) is 0 Å². The van der Waals surface area contributed by atoms with Gasteiger partial charge in [-0.25, -0.2) is 0 Å². The van der Waals surface area contributed by atoms with Crippen LogP contribution in [0.1, 0.15) is 5.56 Å². The van der Waals surface area contributed by atoms with Gasteiger partial charge in [-0.3, -0.25) is 4.40 Å². The van der Waals surface area contributed by atoms with Crippen LogP contribution in [-0.2, 0) is 0 Å². The first-order valence-electron chi connectivity index (χ1n) is 3.23. The monoisotopic (exact) mass is 211 g/mol. The van der Waals surface area contributed by atoms with Crippen LogP contribution >= 0.6 is 15.9 Å². The zero-order valence-corrected chi connectivity index (χ0v) is 7.54. The summed E-state index contributed by atoms with van der Waals surface area (Å²) in [4.78, 5) is 0. The van der Waals surface area contributed by atoms with Crippen molar-refractivity contribution in [1.82, 2.24) is 14.6 Å². The Balaban J connectivity index is 2.86. The van der Waals surface area contributed by atoms with Crippen LogP contribution in [-0.4, -0.2) is 14.6 Å². The molecule has 0 atom stereocenters. The van der Waals surface area contributed by atoms with Gasteiger partial charge in [-0.1, -0.05) is 0 Å². The van der Waals surface area contributed by atoms with Crippen molar-refractivity contribution in [3.63, 3.8) is 0 Å². The average molecular weight is 212 g/mol. The van der Waals surface area contributed by atoms with Crippen LogP contribution in [0.4, 0.5) is 0 Å². The van der Waals surface area contributed by atoms with Crippen molar-refractivity contribution in [2.24, 2.45) is 0 Å². The van der Waals surface area contributed by atoms with Gasteiger partial charge in [0, 0.05) is 10.7 Å². The van der Waals surface area contributed by atoms with Crippen molar-refractivity contribution in [3.8, 4) is 0 Å². The molecule has 0 aliphatic carbocycles. The molecule has 0 aliphatic rings. The average Bonchev–Trinajstić information content (AvgIpc) is 2.36. The van der Waals surface area contributed by atoms with Gasteiger partial charge in [0.05, 0.1) is 0 Å². The summed E-state index contributed by atoms with van der Waals surface area (Å²) in [5.41, 5.74) is 2.05. The van der Waals surface area contributed by atoms with E-state index in [0.717, 1.165) is 10.1 Å². The van der Waals surface area contributed by atoms with E-state index in [9.17, 15) is 0 Å². The first-order valence-corrected chi connectivity index (χ1v) is 4.02. The SMILES string of the molecule is Cc1cc2nncn2cc1Br. The normalized spacial score (nSPS) is 10.7. The van der Waals surface area contributed by atoms with E-state index in [1.165, 1.54) is 5.56 Å². The second-order valence-corrected chi connectivity index (χ2v) is 3.26. The first-order chi connectivity index (χ1) is 5.27. The maximum Gasteiger partial charge on any atom is 0.160 e. The highest BCUT2D eigenvalue weighted by Gasteiger charge is 1.98. The van der Waals surface area contributed by atoms with Crippen LogP contribution < -0.4 is 0 Å². The van der Waals surface area contributed by atoms with Gasteiger partial charge in [0.2, 0.25) is 0 Å². The van der Waals surface area contributed by atoms with Crippen molar-refractivity contribution in [2.45, 2.75) is 6.92 Å². The van der Waals surface area contributed by atoms with Crippen LogP contribution in [0, 0.1) is 6.92 Å². The van der Waals surface area contributed by atoms with E-state index in [2.05, 4.69) is 26.1 Å². The predicted molar refractivity (Wildman–Crippen MR) is 45.4 cm³/mol. The minimum Gasteiger partial charge on any atom is -0.288 e. The van der Waals surface area contributed by atoms with Gasteiger partial charge in [-0.05, 0) is 34.5 Å². The molecule has 0 spiro atoms. The van der Waals surface area contributed by atoms with E-state index in [0.29, 0.717) is 0 Å². The van der Waals surface area contributed by atoms with Crippen molar-refractivity contribution < 1.29 is 0 Å². The van der Waals surface area contributed by atoms with Gasteiger partial charge in [0.15, 0.2) is 5.65 Å². The van der Waals surface area contributed by atoms with Gasteiger partial charge in [0.1, 0.15) is 6.33 Å². The van der Waals surface area contributed by atoms with Crippen molar-refractivity contribution in [1.29, 1.82) is 0 Å². The van der Waals surface area contributed by atoms with E-state index in [4.69, 9.17) is 0 Å². The Morgan fingerprint density at radius 1 is 1.55 bits per heavy atom. The largest absolute Gasteiger partial charge is 0.288 e. The molecule has 0 aliphatic heterocycles. The van der Waals surface area contributed by atoms with Crippen LogP contribution in [0.2, 0.25) is 0 Å². The standard InChI is InChI=1S/C7H6BrN3/c1-5-2-7-10-9-4-11(7)3-6(5)8/h2-4H,1H3. The third-order valence-electron chi connectivity index (χ3n) is 1.58. The maximum absolute atomic E-state index is 3.91. The number of pyridine rings is 1. The molecule has 3 nitrogen and oxygen atoms in total.